The number of H-pyrrole nitrogens is 1. The van der Waals surface area contributed by atoms with Gasteiger partial charge in [0.15, 0.2) is 0 Å². The molecule has 9 nitrogen and oxygen atoms in total. The van der Waals surface area contributed by atoms with Gasteiger partial charge in [-0.05, 0) is 24.6 Å². The summed E-state index contributed by atoms with van der Waals surface area (Å²) in [6.07, 6.45) is 5.81. The number of anilines is 3. The molecule has 3 aromatic heterocycles. The van der Waals surface area contributed by atoms with E-state index in [1.807, 2.05) is 42.4 Å². The third-order valence-corrected chi connectivity index (χ3v) is 6.22. The van der Waals surface area contributed by atoms with Crippen LogP contribution in [0.2, 0.25) is 0 Å². The lowest BCUT2D eigenvalue weighted by molar-refractivity contribution is -0.134. The van der Waals surface area contributed by atoms with Crippen LogP contribution in [0, 0.1) is 0 Å². The fourth-order valence-corrected chi connectivity index (χ4v) is 4.68. The zero-order valence-corrected chi connectivity index (χ0v) is 17.1. The van der Waals surface area contributed by atoms with Crippen LogP contribution in [0.5, 0.6) is 0 Å². The topological polar surface area (TPSA) is 111 Å². The molecule has 0 spiro atoms. The molecule has 5 heterocycles. The highest BCUT2D eigenvalue weighted by Gasteiger charge is 2.42. The molecule has 1 unspecified atom stereocenters. The van der Waals surface area contributed by atoms with Crippen LogP contribution in [-0.2, 0) is 9.59 Å². The number of nitrogens with zero attached hydrogens (tertiary/aromatic N) is 4. The number of rotatable bonds is 3. The second-order valence-electron chi connectivity index (χ2n) is 7.97. The van der Waals surface area contributed by atoms with Crippen LogP contribution < -0.4 is 15.1 Å². The molecule has 32 heavy (non-hydrogen) atoms. The summed E-state index contributed by atoms with van der Waals surface area (Å²) in [4.78, 5) is 53.0. The third kappa shape index (κ3) is 2.48. The van der Waals surface area contributed by atoms with Crippen LogP contribution in [0.25, 0.3) is 21.8 Å². The SMILES string of the molecule is CN(c1c[nH]c2ncccc12)c1cnc2c3c(cccc13)C(=O)N2C1CCC(=O)NC1=O. The molecule has 0 radical (unpaired) electrons. The van der Waals surface area contributed by atoms with E-state index in [1.165, 1.54) is 4.90 Å². The fraction of sp³-hybridized carbons (Fsp3) is 0.174. The molecule has 0 aliphatic carbocycles. The molecule has 6 rings (SSSR count). The van der Waals surface area contributed by atoms with Gasteiger partial charge in [-0.1, -0.05) is 12.1 Å². The van der Waals surface area contributed by atoms with Crippen LogP contribution in [0.3, 0.4) is 0 Å². The average molecular weight is 426 g/mol. The number of piperidine rings is 1. The van der Waals surface area contributed by atoms with E-state index in [2.05, 4.69) is 20.3 Å². The zero-order chi connectivity index (χ0) is 22.0. The molecule has 2 N–H and O–H groups in total. The monoisotopic (exact) mass is 426 g/mol. The van der Waals surface area contributed by atoms with Crippen molar-refractivity contribution in [3.63, 3.8) is 0 Å². The van der Waals surface area contributed by atoms with Crippen LogP contribution >= 0.6 is 0 Å². The van der Waals surface area contributed by atoms with Gasteiger partial charge in [0, 0.05) is 42.0 Å². The van der Waals surface area contributed by atoms with Gasteiger partial charge < -0.3 is 9.88 Å². The fourth-order valence-electron chi connectivity index (χ4n) is 4.68. The van der Waals surface area contributed by atoms with E-state index in [1.54, 1.807) is 18.5 Å². The van der Waals surface area contributed by atoms with Gasteiger partial charge in [-0.2, -0.15) is 0 Å². The van der Waals surface area contributed by atoms with Gasteiger partial charge >= 0.3 is 0 Å². The molecule has 158 valence electrons. The lowest BCUT2D eigenvalue weighted by Gasteiger charge is -2.29. The van der Waals surface area contributed by atoms with Crippen LogP contribution in [0.15, 0.2) is 48.9 Å². The minimum Gasteiger partial charge on any atom is -0.344 e. The Hall–Kier alpha value is -4.27. The quantitative estimate of drug-likeness (QED) is 0.487. The van der Waals surface area contributed by atoms with Crippen molar-refractivity contribution in [1.82, 2.24) is 20.3 Å². The Morgan fingerprint density at radius 3 is 2.75 bits per heavy atom. The number of fused-ring (bicyclic) bond motifs is 1. The number of aromatic amines is 1. The number of nitrogens with one attached hydrogen (secondary N) is 2. The number of hydrogen-bond donors (Lipinski definition) is 2. The first-order valence-electron chi connectivity index (χ1n) is 10.3. The number of pyridine rings is 2. The largest absolute Gasteiger partial charge is 0.344 e. The summed E-state index contributed by atoms with van der Waals surface area (Å²) < 4.78 is 0. The molecular formula is C23H18N6O3. The predicted molar refractivity (Wildman–Crippen MR) is 119 cm³/mol. The van der Waals surface area contributed by atoms with Crippen molar-refractivity contribution >= 4 is 56.7 Å². The average Bonchev–Trinajstić information content (AvgIpc) is 3.35. The number of hydrogen-bond acceptors (Lipinski definition) is 6. The van der Waals surface area contributed by atoms with Crippen molar-refractivity contribution < 1.29 is 14.4 Å². The zero-order valence-electron chi connectivity index (χ0n) is 17.1. The summed E-state index contributed by atoms with van der Waals surface area (Å²) in [5.41, 5.74) is 3.05. The maximum atomic E-state index is 13.3. The number of benzene rings is 1. The third-order valence-electron chi connectivity index (χ3n) is 6.22. The molecule has 2 aliphatic rings. The lowest BCUT2D eigenvalue weighted by atomic mass is 10.0. The first-order chi connectivity index (χ1) is 15.5. The Morgan fingerprint density at radius 2 is 1.91 bits per heavy atom. The predicted octanol–water partition coefficient (Wildman–Crippen LogP) is 2.64. The van der Waals surface area contributed by atoms with Crippen molar-refractivity contribution in [1.29, 1.82) is 0 Å². The highest BCUT2D eigenvalue weighted by molar-refractivity contribution is 6.27. The van der Waals surface area contributed by atoms with Gasteiger partial charge in [0.25, 0.3) is 5.91 Å². The van der Waals surface area contributed by atoms with Gasteiger partial charge in [0.1, 0.15) is 17.5 Å². The van der Waals surface area contributed by atoms with Gasteiger partial charge in [0.05, 0.1) is 23.1 Å². The first kappa shape index (κ1) is 18.5. The normalized spacial score (nSPS) is 18.0. The van der Waals surface area contributed by atoms with Crippen molar-refractivity contribution in [2.24, 2.45) is 0 Å². The highest BCUT2D eigenvalue weighted by Crippen LogP contribution is 2.43. The molecule has 1 aromatic carbocycles. The van der Waals surface area contributed by atoms with Crippen LogP contribution in [0.4, 0.5) is 17.2 Å². The molecular weight excluding hydrogens is 408 g/mol. The Balaban J connectivity index is 1.49. The smallest absolute Gasteiger partial charge is 0.260 e. The van der Waals surface area contributed by atoms with Crippen molar-refractivity contribution in [3.05, 3.63) is 54.5 Å². The molecule has 1 fully saturated rings. The summed E-state index contributed by atoms with van der Waals surface area (Å²) in [7, 11) is 1.94. The van der Waals surface area contributed by atoms with Crippen molar-refractivity contribution in [3.8, 4) is 0 Å². The standard InChI is InChI=1S/C23H18N6O3/c1-28(17-10-25-20-13(17)6-3-9-24-20)16-11-26-21-19-12(16)4-2-5-14(19)23(32)29(21)15-7-8-18(30)27-22(15)31/h2-6,9-11,15H,7-8H2,1H3,(H,24,25)(H,27,30,31). The summed E-state index contributed by atoms with van der Waals surface area (Å²) in [6, 6.07) is 8.65. The Labute approximate surface area is 182 Å². The van der Waals surface area contributed by atoms with E-state index < -0.39 is 11.9 Å². The van der Waals surface area contributed by atoms with Crippen molar-refractivity contribution in [2.45, 2.75) is 18.9 Å². The second-order valence-corrected chi connectivity index (χ2v) is 7.97. The van der Waals surface area contributed by atoms with E-state index in [-0.39, 0.29) is 24.7 Å². The van der Waals surface area contributed by atoms with Gasteiger partial charge in [-0.25, -0.2) is 9.97 Å². The minimum atomic E-state index is -0.758. The van der Waals surface area contributed by atoms with Gasteiger partial charge in [0.2, 0.25) is 11.8 Å². The van der Waals surface area contributed by atoms with E-state index in [4.69, 9.17) is 0 Å². The maximum Gasteiger partial charge on any atom is 0.260 e. The summed E-state index contributed by atoms with van der Waals surface area (Å²) in [5, 5.41) is 4.88. The first-order valence-corrected chi connectivity index (χ1v) is 10.3. The molecule has 1 saturated heterocycles. The molecule has 2 aliphatic heterocycles. The van der Waals surface area contributed by atoms with Gasteiger partial charge in [-0.15, -0.1) is 0 Å². The number of carbonyl (C=O) groups is 3. The summed E-state index contributed by atoms with van der Waals surface area (Å²) in [6.45, 7) is 0. The maximum absolute atomic E-state index is 13.3. The molecule has 4 aromatic rings. The number of carbonyl (C=O) groups excluding carboxylic acids is 3. The van der Waals surface area contributed by atoms with Crippen molar-refractivity contribution in [2.75, 3.05) is 16.8 Å². The van der Waals surface area contributed by atoms with Crippen LogP contribution in [0.1, 0.15) is 23.2 Å². The minimum absolute atomic E-state index is 0.190. The Bertz CT molecular complexity index is 1460. The Morgan fingerprint density at radius 1 is 1.06 bits per heavy atom. The molecule has 1 atom stereocenters. The summed E-state index contributed by atoms with van der Waals surface area (Å²) >= 11 is 0. The molecule has 9 heteroatoms. The van der Waals surface area contributed by atoms with Gasteiger partial charge in [-0.3, -0.25) is 24.6 Å². The number of aromatic nitrogens is 3. The van der Waals surface area contributed by atoms with E-state index >= 15 is 0 Å². The van der Waals surface area contributed by atoms with E-state index in [0.29, 0.717) is 16.8 Å². The number of amides is 3. The highest BCUT2D eigenvalue weighted by atomic mass is 16.2. The van der Waals surface area contributed by atoms with Crippen LogP contribution in [-0.4, -0.2) is 45.8 Å². The van der Waals surface area contributed by atoms with E-state index in [0.717, 1.165) is 27.8 Å². The molecule has 0 saturated carbocycles. The summed E-state index contributed by atoms with van der Waals surface area (Å²) in [5.74, 6) is -0.611. The number of imide groups is 1. The second kappa shape index (κ2) is 6.61. The lowest BCUT2D eigenvalue weighted by Crippen LogP contribution is -2.53. The molecule has 0 bridgehead atoms. The Kier molecular flexibility index (Phi) is 3.82. The molecule has 3 amide bonds. The van der Waals surface area contributed by atoms with E-state index in [9.17, 15) is 14.4 Å².